The Hall–Kier alpha value is -5.76. The molecule has 0 fully saturated rings. The van der Waals surface area contributed by atoms with Gasteiger partial charge in [0.15, 0.2) is 17.2 Å². The van der Waals surface area contributed by atoms with Crippen LogP contribution in [-0.4, -0.2) is 108 Å². The molecule has 4 rings (SSSR count). The summed E-state index contributed by atoms with van der Waals surface area (Å²) in [5, 5.41) is 122. The Kier molecular flexibility index (Phi) is 13.4. The molecule has 0 bridgehead atoms. The van der Waals surface area contributed by atoms with E-state index in [0.29, 0.717) is 36.4 Å². The molecule has 22 heteroatoms. The summed E-state index contributed by atoms with van der Waals surface area (Å²) in [6, 6.07) is 5.62. The largest absolute Gasteiger partial charge is 1.00 e. The predicted octanol–water partition coefficient (Wildman–Crippen LogP) is -2.94. The number of aromatic carboxylic acids is 1. The summed E-state index contributed by atoms with van der Waals surface area (Å²) in [6.45, 7) is 0. The van der Waals surface area contributed by atoms with Crippen molar-refractivity contribution >= 4 is 46.9 Å². The van der Waals surface area contributed by atoms with Crippen molar-refractivity contribution in [2.75, 3.05) is 0 Å². The third-order valence-electron chi connectivity index (χ3n) is 5.69. The molecule has 12 N–H and O–H groups in total. The molecule has 0 unspecified atom stereocenters. The summed E-state index contributed by atoms with van der Waals surface area (Å²) in [4.78, 5) is 47.8. The van der Waals surface area contributed by atoms with Crippen LogP contribution in [0.25, 0.3) is 0 Å². The van der Waals surface area contributed by atoms with Crippen LogP contribution in [0.4, 0.5) is 0 Å². The number of hydrogen-bond acceptors (Lipinski definition) is 20. The van der Waals surface area contributed by atoms with Gasteiger partial charge >= 0.3 is 244 Å². The number of carboxylic acids is 1. The van der Waals surface area contributed by atoms with Crippen molar-refractivity contribution < 1.29 is 124 Å². The number of phenols is 12. The molecule has 0 spiro atoms. The zero-order valence-corrected chi connectivity index (χ0v) is 30.2. The molecule has 4 aromatic rings. The van der Waals surface area contributed by atoms with Crippen molar-refractivity contribution in [2.45, 2.75) is 0 Å². The molecule has 0 aliphatic rings. The second-order valence-electron chi connectivity index (χ2n) is 9.10. The van der Waals surface area contributed by atoms with E-state index in [4.69, 9.17) is 23.8 Å². The van der Waals surface area contributed by atoms with Crippen LogP contribution >= 0.6 is 0 Å². The number of hydrogen-bond donors (Lipinski definition) is 12. The van der Waals surface area contributed by atoms with Gasteiger partial charge in [0, 0.05) is 5.56 Å². The van der Waals surface area contributed by atoms with Crippen LogP contribution in [0.5, 0.6) is 69.0 Å². The molecule has 258 valence electrons. The minimum absolute atomic E-state index is 0. The monoisotopic (exact) mass is 908 g/mol. The first kappa shape index (κ1) is 40.4. The smallest absolute Gasteiger partial charge is 1.00 e. The number of carboxylic acid groups (broad SMARTS) is 1. The van der Waals surface area contributed by atoms with Crippen LogP contribution in [0, 0.1) is 0 Å². The number of aromatic hydroxyl groups is 12. The van der Waals surface area contributed by atoms with Crippen LogP contribution in [0.3, 0.4) is 0 Å². The van der Waals surface area contributed by atoms with Crippen LogP contribution in [-0.2, 0) is 8.44 Å². The van der Waals surface area contributed by atoms with E-state index in [1.54, 1.807) is 0 Å². The number of carbonyl (C=O) groups is 4. The molecule has 0 heterocycles. The minimum Gasteiger partial charge on any atom is 1.00 e. The standard InChI is InChI=1S/4C7H6O5.Bi.Na/c4*8-4-1-3(7(11)12)2-5(9)6(4)10;;/h4*1-2,8-10H,(H,11,12);;/q;;;;+3;+1/p-4. The van der Waals surface area contributed by atoms with E-state index >= 15 is 0 Å². The Morgan fingerprint density at radius 1 is 0.400 bits per heavy atom. The maximum atomic E-state index is 12.5. The zero-order chi connectivity index (χ0) is 36.9. The molecular weight excluding hydrogens is 888 g/mol. The van der Waals surface area contributed by atoms with E-state index in [-0.39, 0.29) is 29.6 Å². The average molecular weight is 908 g/mol. The Labute approximate surface area is 308 Å². The molecule has 4 aromatic carbocycles. The van der Waals surface area contributed by atoms with Crippen molar-refractivity contribution in [3.05, 3.63) is 70.8 Å². The Morgan fingerprint density at radius 3 is 0.760 bits per heavy atom. The van der Waals surface area contributed by atoms with Gasteiger partial charge in [-0.1, -0.05) is 0 Å². The molecule has 0 saturated carbocycles. The first-order valence-electron chi connectivity index (χ1n) is 12.5. The Morgan fingerprint density at radius 2 is 0.580 bits per heavy atom. The predicted molar refractivity (Wildman–Crippen MR) is 152 cm³/mol. The van der Waals surface area contributed by atoms with Gasteiger partial charge in [0.2, 0.25) is 0 Å². The van der Waals surface area contributed by atoms with Gasteiger partial charge < -0.3 is 25.2 Å². The number of phenolic OH excluding ortho intramolecular Hbond substituents is 12. The van der Waals surface area contributed by atoms with Crippen LogP contribution in [0.2, 0.25) is 0 Å². The summed E-state index contributed by atoms with van der Waals surface area (Å²) in [7, 11) is 0. The summed E-state index contributed by atoms with van der Waals surface area (Å²) in [5.41, 5.74) is -2.11. The normalized spacial score (nSPS) is 10.2. The van der Waals surface area contributed by atoms with Gasteiger partial charge in [-0.2, -0.15) is 0 Å². The molecule has 50 heavy (non-hydrogen) atoms. The summed E-state index contributed by atoms with van der Waals surface area (Å²) in [5.74, 6) is -16.2. The van der Waals surface area contributed by atoms with Crippen molar-refractivity contribution in [3.63, 3.8) is 0 Å². The maximum absolute atomic E-state index is 12.5. The maximum Gasteiger partial charge on any atom is 1.00 e. The third kappa shape index (κ3) is 9.66. The Bertz CT molecular complexity index is 1720. The second kappa shape index (κ2) is 16.6. The van der Waals surface area contributed by atoms with Gasteiger partial charge in [-0.15, -0.1) is 0 Å². The fraction of sp³-hybridized carbons (Fsp3) is 0. The van der Waals surface area contributed by atoms with Gasteiger partial charge in [0.1, 0.15) is 0 Å². The topological polar surface area (TPSA) is 362 Å². The molecule has 0 aliphatic carbocycles. The summed E-state index contributed by atoms with van der Waals surface area (Å²) >= 11 is -5.08. The third-order valence-corrected chi connectivity index (χ3v) is 9.37. The number of rotatable bonds is 7. The van der Waals surface area contributed by atoms with Crippen LogP contribution < -0.4 is 34.7 Å². The van der Waals surface area contributed by atoms with Crippen LogP contribution in [0.15, 0.2) is 48.5 Å². The second-order valence-corrected chi connectivity index (χ2v) is 13.0. The van der Waals surface area contributed by atoms with E-state index in [2.05, 4.69) is 0 Å². The van der Waals surface area contributed by atoms with Gasteiger partial charge in [-0.25, -0.2) is 0 Å². The van der Waals surface area contributed by atoms with Gasteiger partial charge in [-0.3, -0.25) is 0 Å². The van der Waals surface area contributed by atoms with Crippen LogP contribution in [0.1, 0.15) is 41.4 Å². The van der Waals surface area contributed by atoms with E-state index in [9.17, 15) is 70.2 Å². The molecule has 0 aliphatic heterocycles. The molecule has 0 amide bonds. The Balaban J connectivity index is 0.000000564. The van der Waals surface area contributed by atoms with E-state index in [0.717, 1.165) is 12.1 Å². The first-order valence-corrected chi connectivity index (χ1v) is 16.7. The average Bonchev–Trinajstić information content (AvgIpc) is 3.02. The number of benzene rings is 4. The summed E-state index contributed by atoms with van der Waals surface area (Å²) < 4.78 is 14.9. The van der Waals surface area contributed by atoms with Gasteiger partial charge in [0.05, 0.1) is 5.97 Å². The molecular formula is C28H20BiNaO20. The first-order chi connectivity index (χ1) is 22.8. The van der Waals surface area contributed by atoms with Gasteiger partial charge in [-0.05, 0) is 12.1 Å². The molecule has 0 radical (unpaired) electrons. The van der Waals surface area contributed by atoms with E-state index in [1.165, 1.54) is 0 Å². The minimum atomic E-state index is -5.08. The quantitative estimate of drug-likeness (QED) is 0.0652. The fourth-order valence-corrected chi connectivity index (χ4v) is 6.55. The van der Waals surface area contributed by atoms with Crippen molar-refractivity contribution in [2.24, 2.45) is 0 Å². The molecule has 0 aromatic heterocycles. The molecule has 0 saturated heterocycles. The van der Waals surface area contributed by atoms with Gasteiger partial charge in [0.25, 0.3) is 0 Å². The fourth-order valence-electron chi connectivity index (χ4n) is 3.31. The SMILES string of the molecule is O=C([O-])c1cc(O)c(O)c(O)c1.O=C([O][Bi]([O]C(=O)c1cc(O)c(O)c(O)c1)[O]C(=O)c1cc(O)c(O)c(O)c1)c1cc(O)c(O)c(O)c1.[Na+]. The molecule has 0 atom stereocenters. The number of carbonyl (C=O) groups excluding carboxylic acids is 4. The molecule has 20 nitrogen and oxygen atoms in total. The van der Waals surface area contributed by atoms with E-state index < -0.39 is 138 Å². The van der Waals surface area contributed by atoms with Crippen molar-refractivity contribution in [3.8, 4) is 69.0 Å². The zero-order valence-electron chi connectivity index (χ0n) is 24.7. The van der Waals surface area contributed by atoms with E-state index in [1.807, 2.05) is 0 Å². The summed E-state index contributed by atoms with van der Waals surface area (Å²) in [6.07, 6.45) is 0. The van der Waals surface area contributed by atoms with Crippen molar-refractivity contribution in [1.82, 2.24) is 0 Å². The van der Waals surface area contributed by atoms with Crippen molar-refractivity contribution in [1.29, 1.82) is 0 Å².